The summed E-state index contributed by atoms with van der Waals surface area (Å²) in [5.74, 6) is 2.93. The Hall–Kier alpha value is -2.53. The molecule has 0 aliphatic carbocycles. The third kappa shape index (κ3) is 4.78. The van der Waals surface area contributed by atoms with E-state index in [1.54, 1.807) is 20.5 Å². The summed E-state index contributed by atoms with van der Waals surface area (Å²) in [6, 6.07) is 3.74. The van der Waals surface area contributed by atoms with Crippen LogP contribution >= 0.6 is 27.7 Å². The Morgan fingerprint density at radius 2 is 1.94 bits per heavy atom. The lowest BCUT2D eigenvalue weighted by Crippen LogP contribution is -2.32. The summed E-state index contributed by atoms with van der Waals surface area (Å²) >= 11 is 5.00. The predicted molar refractivity (Wildman–Crippen MR) is 125 cm³/mol. The zero-order valence-electron chi connectivity index (χ0n) is 18.0. The molecule has 0 radical (unpaired) electrons. The number of amides is 1. The lowest BCUT2D eigenvalue weighted by atomic mass is 9.94. The van der Waals surface area contributed by atoms with E-state index in [0.717, 1.165) is 60.5 Å². The van der Waals surface area contributed by atoms with E-state index in [0.29, 0.717) is 34.1 Å². The van der Waals surface area contributed by atoms with Crippen molar-refractivity contribution in [3.63, 3.8) is 0 Å². The minimum atomic E-state index is 0.362. The zero-order valence-corrected chi connectivity index (χ0v) is 20.4. The Labute approximate surface area is 199 Å². The van der Waals surface area contributed by atoms with Crippen molar-refractivity contribution in [3.8, 4) is 23.0 Å². The lowest BCUT2D eigenvalue weighted by Gasteiger charge is -2.29. The first kappa shape index (κ1) is 22.7. The largest absolute Gasteiger partial charge is 0.493 e. The van der Waals surface area contributed by atoms with Gasteiger partial charge in [-0.05, 0) is 65.0 Å². The maximum atomic E-state index is 10.9. The maximum Gasteiger partial charge on any atom is 0.209 e. The number of ether oxygens (including phenoxy) is 2. The fourth-order valence-corrected chi connectivity index (χ4v) is 5.18. The number of carbonyl (C=O) groups is 1. The lowest BCUT2D eigenvalue weighted by molar-refractivity contribution is -0.119. The molecule has 170 valence electrons. The Kier molecular flexibility index (Phi) is 7.04. The van der Waals surface area contributed by atoms with E-state index in [1.165, 1.54) is 11.8 Å². The van der Waals surface area contributed by atoms with Gasteiger partial charge >= 0.3 is 0 Å². The van der Waals surface area contributed by atoms with Gasteiger partial charge in [-0.15, -0.1) is 0 Å². The standard InChI is InChI=1S/C21H25BrN6O3S/c1-30-15-9-14(22)17(10-16(15)31-2)32-21-25-18-19(23)24-11-28(20(18)26-21)8-5-13-3-6-27(12-29)7-4-13/h9-13H,3-8,23H2,1-2H3. The van der Waals surface area contributed by atoms with Gasteiger partial charge in [-0.3, -0.25) is 4.79 Å². The molecular formula is C21H25BrN6O3S. The van der Waals surface area contributed by atoms with Crippen molar-refractivity contribution < 1.29 is 14.3 Å². The molecule has 0 unspecified atom stereocenters. The number of methoxy groups -OCH3 is 2. The van der Waals surface area contributed by atoms with Gasteiger partial charge in [0, 0.05) is 29.0 Å². The number of hydrogen-bond donors (Lipinski definition) is 1. The highest BCUT2D eigenvalue weighted by atomic mass is 79.9. The van der Waals surface area contributed by atoms with Crippen LogP contribution in [-0.4, -0.2) is 58.1 Å². The summed E-state index contributed by atoms with van der Waals surface area (Å²) in [7, 11) is 3.20. The second-order valence-electron chi connectivity index (χ2n) is 7.61. The molecule has 1 amide bonds. The quantitative estimate of drug-likeness (QED) is 0.449. The van der Waals surface area contributed by atoms with E-state index in [9.17, 15) is 4.79 Å². The number of imidazole rings is 1. The number of aromatic nitrogens is 4. The monoisotopic (exact) mass is 520 g/mol. The number of halogens is 1. The van der Waals surface area contributed by atoms with Crippen molar-refractivity contribution >= 4 is 39.9 Å². The molecule has 1 aromatic carbocycles. The smallest absolute Gasteiger partial charge is 0.209 e. The number of aryl methyl sites for hydroxylation is 1. The summed E-state index contributed by atoms with van der Waals surface area (Å²) in [6.45, 7) is 2.43. The number of fused-ring (bicyclic) bond motifs is 1. The number of piperidine rings is 1. The minimum Gasteiger partial charge on any atom is -0.493 e. The first-order valence-electron chi connectivity index (χ1n) is 10.3. The molecule has 11 heteroatoms. The fourth-order valence-electron chi connectivity index (χ4n) is 3.82. The van der Waals surface area contributed by atoms with E-state index in [1.807, 2.05) is 21.6 Å². The number of rotatable bonds is 8. The maximum absolute atomic E-state index is 10.9. The Bertz CT molecular complexity index is 1070. The highest BCUT2D eigenvalue weighted by molar-refractivity contribution is 9.10. The molecule has 0 bridgehead atoms. The molecule has 3 aliphatic rings. The number of nitrogens with zero attached hydrogens (tertiary/aromatic N) is 5. The number of nitrogens with two attached hydrogens (primary N) is 1. The molecule has 0 saturated carbocycles. The summed E-state index contributed by atoms with van der Waals surface area (Å²) in [5, 5.41) is 0.584. The zero-order chi connectivity index (χ0) is 22.7. The number of likely N-dealkylation sites (tertiary alicyclic amines) is 1. The number of carbonyl (C=O) groups excluding carboxylic acids is 1. The van der Waals surface area contributed by atoms with Crippen LogP contribution in [-0.2, 0) is 11.3 Å². The molecular weight excluding hydrogens is 496 g/mol. The average Bonchev–Trinajstić information content (AvgIpc) is 3.25. The molecule has 0 aromatic heterocycles. The van der Waals surface area contributed by atoms with Gasteiger partial charge in [0.15, 0.2) is 34.0 Å². The van der Waals surface area contributed by atoms with Crippen LogP contribution in [0.5, 0.6) is 11.5 Å². The van der Waals surface area contributed by atoms with E-state index < -0.39 is 0 Å². The van der Waals surface area contributed by atoms with Crippen molar-refractivity contribution in [3.05, 3.63) is 22.9 Å². The van der Waals surface area contributed by atoms with Gasteiger partial charge in [0.1, 0.15) is 0 Å². The molecule has 0 spiro atoms. The van der Waals surface area contributed by atoms with Gasteiger partial charge in [-0.25, -0.2) is 15.0 Å². The first-order chi connectivity index (χ1) is 15.5. The molecule has 9 nitrogen and oxygen atoms in total. The van der Waals surface area contributed by atoms with Crippen LogP contribution in [0.25, 0.3) is 11.5 Å². The van der Waals surface area contributed by atoms with Crippen molar-refractivity contribution in [2.45, 2.75) is 35.9 Å². The highest BCUT2D eigenvalue weighted by Gasteiger charge is 2.22. The van der Waals surface area contributed by atoms with Gasteiger partial charge < -0.3 is 24.7 Å². The third-order valence-electron chi connectivity index (χ3n) is 5.69. The van der Waals surface area contributed by atoms with Crippen LogP contribution in [0.15, 0.2) is 33.0 Å². The second-order valence-corrected chi connectivity index (χ2v) is 9.48. The minimum absolute atomic E-state index is 0.362. The third-order valence-corrected chi connectivity index (χ3v) is 7.53. The highest BCUT2D eigenvalue weighted by Crippen LogP contribution is 2.41. The molecule has 4 rings (SSSR count). The topological polar surface area (TPSA) is 108 Å². The molecule has 1 aromatic rings. The van der Waals surface area contributed by atoms with Gasteiger partial charge in [0.25, 0.3) is 0 Å². The second kappa shape index (κ2) is 9.95. The number of hydrogen-bond acceptors (Lipinski definition) is 8. The Balaban J connectivity index is 1.53. The van der Waals surface area contributed by atoms with Crippen LogP contribution < -0.4 is 15.2 Å². The van der Waals surface area contributed by atoms with Crippen LogP contribution in [0.2, 0.25) is 0 Å². The molecule has 1 saturated heterocycles. The van der Waals surface area contributed by atoms with Crippen LogP contribution in [0, 0.1) is 5.92 Å². The van der Waals surface area contributed by atoms with E-state index >= 15 is 0 Å². The van der Waals surface area contributed by atoms with E-state index in [-0.39, 0.29) is 0 Å². The Morgan fingerprint density at radius 3 is 2.62 bits per heavy atom. The molecule has 0 atom stereocenters. The summed E-state index contributed by atoms with van der Waals surface area (Å²) < 4.78 is 13.6. The van der Waals surface area contributed by atoms with Gasteiger partial charge in [-0.2, -0.15) is 0 Å². The van der Waals surface area contributed by atoms with Crippen molar-refractivity contribution in [1.29, 1.82) is 0 Å². The summed E-state index contributed by atoms with van der Waals surface area (Å²) in [4.78, 5) is 27.3. The van der Waals surface area contributed by atoms with Crippen molar-refractivity contribution in [2.24, 2.45) is 5.92 Å². The van der Waals surface area contributed by atoms with Crippen LogP contribution in [0.3, 0.4) is 0 Å². The fraction of sp³-hybridized carbons (Fsp3) is 0.429. The molecule has 1 fully saturated rings. The van der Waals surface area contributed by atoms with Gasteiger partial charge in [0.2, 0.25) is 6.41 Å². The van der Waals surface area contributed by atoms with Crippen molar-refractivity contribution in [2.75, 3.05) is 33.0 Å². The normalized spacial score (nSPS) is 14.7. The average molecular weight is 521 g/mol. The van der Waals surface area contributed by atoms with Crippen LogP contribution in [0.4, 0.5) is 5.82 Å². The SMILES string of the molecule is COc1cc(Br)c(Sc2nc3c(N)ncn(CCC4CCN(C=O)CC4)c-3n2)cc1OC. The number of nitrogen functional groups attached to an aromatic ring is 1. The summed E-state index contributed by atoms with van der Waals surface area (Å²) in [6.07, 6.45) is 5.70. The van der Waals surface area contributed by atoms with Crippen LogP contribution in [0.1, 0.15) is 19.3 Å². The number of anilines is 1. The molecule has 3 heterocycles. The molecule has 32 heavy (non-hydrogen) atoms. The molecule has 2 N–H and O–H groups in total. The predicted octanol–water partition coefficient (Wildman–Crippen LogP) is 3.55. The number of benzene rings is 1. The van der Waals surface area contributed by atoms with Gasteiger partial charge in [-0.1, -0.05) is 0 Å². The summed E-state index contributed by atoms with van der Waals surface area (Å²) in [5.41, 5.74) is 6.69. The van der Waals surface area contributed by atoms with E-state index in [4.69, 9.17) is 20.2 Å². The first-order valence-corrected chi connectivity index (χ1v) is 11.9. The van der Waals surface area contributed by atoms with E-state index in [2.05, 4.69) is 25.9 Å². The van der Waals surface area contributed by atoms with Crippen molar-refractivity contribution in [1.82, 2.24) is 24.4 Å². The molecule has 3 aliphatic heterocycles. The van der Waals surface area contributed by atoms with Gasteiger partial charge in [0.05, 0.1) is 20.5 Å². The Morgan fingerprint density at radius 1 is 1.22 bits per heavy atom.